The summed E-state index contributed by atoms with van der Waals surface area (Å²) in [6.45, 7) is 4.26. The molecule has 3 heteroatoms. The van der Waals surface area contributed by atoms with Crippen LogP contribution in [0.4, 0.5) is 17.1 Å². The molecule has 0 fully saturated rings. The normalized spacial score (nSPS) is 16.6. The van der Waals surface area contributed by atoms with E-state index in [1.54, 1.807) is 6.08 Å². The van der Waals surface area contributed by atoms with Crippen molar-refractivity contribution in [1.82, 2.24) is 0 Å². The topological polar surface area (TPSA) is 41.1 Å². The van der Waals surface area contributed by atoms with Gasteiger partial charge in [-0.3, -0.25) is 4.79 Å². The first-order valence-corrected chi connectivity index (χ1v) is 7.93. The average Bonchev–Trinajstić information content (AvgIpc) is 2.48. The molecule has 3 nitrogen and oxygen atoms in total. The van der Waals surface area contributed by atoms with Gasteiger partial charge in [0.25, 0.3) is 0 Å². The number of hydrogen-bond donors (Lipinski definition) is 2. The molecule has 1 aliphatic rings. The van der Waals surface area contributed by atoms with E-state index in [2.05, 4.69) is 24.5 Å². The van der Waals surface area contributed by atoms with Gasteiger partial charge in [0.05, 0.1) is 0 Å². The zero-order valence-corrected chi connectivity index (χ0v) is 13.6. The van der Waals surface area contributed by atoms with Crippen LogP contribution in [0.5, 0.6) is 0 Å². The minimum absolute atomic E-state index is 0.0307. The van der Waals surface area contributed by atoms with Crippen LogP contribution >= 0.6 is 0 Å². The Bertz CT molecular complexity index is 715. The summed E-state index contributed by atoms with van der Waals surface area (Å²) in [6, 6.07) is 18.2. The van der Waals surface area contributed by atoms with E-state index in [0.717, 1.165) is 29.2 Å². The molecule has 0 aliphatic heterocycles. The SMILES string of the molecule is CC1(C)CC(=O)C=C(Nc2ccc(Nc3ccccc3)cc2)C1. The highest BCUT2D eigenvalue weighted by Gasteiger charge is 2.27. The average molecular weight is 306 g/mol. The lowest BCUT2D eigenvalue weighted by Crippen LogP contribution is -2.24. The van der Waals surface area contributed by atoms with E-state index in [0.29, 0.717) is 6.42 Å². The van der Waals surface area contributed by atoms with E-state index in [1.165, 1.54) is 0 Å². The number of carbonyl (C=O) groups excluding carboxylic acids is 1. The van der Waals surface area contributed by atoms with Crippen LogP contribution in [0.3, 0.4) is 0 Å². The van der Waals surface area contributed by atoms with E-state index in [-0.39, 0.29) is 11.2 Å². The third-order valence-corrected chi connectivity index (χ3v) is 3.91. The Balaban J connectivity index is 1.67. The summed E-state index contributed by atoms with van der Waals surface area (Å²) in [6.07, 6.45) is 3.25. The minimum Gasteiger partial charge on any atom is -0.359 e. The van der Waals surface area contributed by atoms with Gasteiger partial charge in [-0.25, -0.2) is 0 Å². The minimum atomic E-state index is 0.0307. The zero-order valence-electron chi connectivity index (χ0n) is 13.6. The van der Waals surface area contributed by atoms with Crippen LogP contribution < -0.4 is 10.6 Å². The van der Waals surface area contributed by atoms with E-state index in [9.17, 15) is 4.79 Å². The zero-order chi connectivity index (χ0) is 16.3. The summed E-state index contributed by atoms with van der Waals surface area (Å²) >= 11 is 0. The lowest BCUT2D eigenvalue weighted by Gasteiger charge is -2.29. The number of carbonyl (C=O) groups is 1. The third kappa shape index (κ3) is 4.22. The van der Waals surface area contributed by atoms with E-state index < -0.39 is 0 Å². The fraction of sp³-hybridized carbons (Fsp3) is 0.250. The van der Waals surface area contributed by atoms with Crippen molar-refractivity contribution in [3.05, 3.63) is 66.4 Å². The van der Waals surface area contributed by atoms with Gasteiger partial charge in [0.2, 0.25) is 0 Å². The first-order chi connectivity index (χ1) is 11.0. The molecule has 2 aromatic rings. The molecule has 0 amide bonds. The van der Waals surface area contributed by atoms with Crippen LogP contribution in [0.15, 0.2) is 66.4 Å². The molecule has 0 saturated heterocycles. The quantitative estimate of drug-likeness (QED) is 0.824. The van der Waals surface area contributed by atoms with Gasteiger partial charge in [-0.1, -0.05) is 32.0 Å². The number of anilines is 3. The number of hydrogen-bond acceptors (Lipinski definition) is 3. The molecule has 0 radical (unpaired) electrons. The van der Waals surface area contributed by atoms with Crippen LogP contribution in [0.25, 0.3) is 0 Å². The number of benzene rings is 2. The van der Waals surface area contributed by atoms with Crippen LogP contribution in [0.1, 0.15) is 26.7 Å². The Morgan fingerprint density at radius 3 is 1.96 bits per heavy atom. The highest BCUT2D eigenvalue weighted by Crippen LogP contribution is 2.34. The van der Waals surface area contributed by atoms with E-state index >= 15 is 0 Å². The van der Waals surface area contributed by atoms with Crippen molar-refractivity contribution in [1.29, 1.82) is 0 Å². The van der Waals surface area contributed by atoms with Crippen LogP contribution in [0.2, 0.25) is 0 Å². The van der Waals surface area contributed by atoms with Crippen LogP contribution in [-0.4, -0.2) is 5.78 Å². The summed E-state index contributed by atoms with van der Waals surface area (Å²) in [5, 5.41) is 6.73. The maximum Gasteiger partial charge on any atom is 0.157 e. The molecule has 1 aliphatic carbocycles. The molecule has 0 saturated carbocycles. The molecule has 0 bridgehead atoms. The molecule has 0 unspecified atom stereocenters. The second-order valence-electron chi connectivity index (χ2n) is 6.85. The maximum atomic E-state index is 11.8. The van der Waals surface area contributed by atoms with Gasteiger partial charge in [-0.15, -0.1) is 0 Å². The summed E-state index contributed by atoms with van der Waals surface area (Å²) < 4.78 is 0. The third-order valence-electron chi connectivity index (χ3n) is 3.91. The van der Waals surface area contributed by atoms with E-state index in [4.69, 9.17) is 0 Å². The molecule has 23 heavy (non-hydrogen) atoms. The molecule has 3 rings (SSSR count). The molecule has 0 spiro atoms. The lowest BCUT2D eigenvalue weighted by atomic mass is 9.79. The van der Waals surface area contributed by atoms with Gasteiger partial charge in [0.1, 0.15) is 0 Å². The highest BCUT2D eigenvalue weighted by molar-refractivity contribution is 5.92. The van der Waals surface area contributed by atoms with Crippen molar-refractivity contribution in [3.8, 4) is 0 Å². The lowest BCUT2D eigenvalue weighted by molar-refractivity contribution is -0.117. The number of ketones is 1. The van der Waals surface area contributed by atoms with Crippen molar-refractivity contribution >= 4 is 22.8 Å². The number of nitrogens with one attached hydrogen (secondary N) is 2. The Morgan fingerprint density at radius 1 is 0.783 bits per heavy atom. The first-order valence-electron chi connectivity index (χ1n) is 7.93. The number of allylic oxidation sites excluding steroid dienone is 2. The number of rotatable bonds is 4. The predicted molar refractivity (Wildman–Crippen MR) is 95.9 cm³/mol. The second kappa shape index (κ2) is 6.29. The molecular weight excluding hydrogens is 284 g/mol. The predicted octanol–water partition coefficient (Wildman–Crippen LogP) is 5.12. The Hall–Kier alpha value is -2.55. The molecule has 0 aromatic heterocycles. The van der Waals surface area contributed by atoms with Crippen molar-refractivity contribution in [3.63, 3.8) is 0 Å². The van der Waals surface area contributed by atoms with Gasteiger partial charge >= 0.3 is 0 Å². The Labute approximate surface area is 137 Å². The highest BCUT2D eigenvalue weighted by atomic mass is 16.1. The van der Waals surface area contributed by atoms with Crippen molar-refractivity contribution in [2.24, 2.45) is 5.41 Å². The fourth-order valence-corrected chi connectivity index (χ4v) is 2.94. The Kier molecular flexibility index (Phi) is 4.20. The standard InChI is InChI=1S/C20H22N2O/c1-20(2)13-18(12-19(23)14-20)22-17-10-8-16(9-11-17)21-15-6-4-3-5-7-15/h3-12,21-22H,13-14H2,1-2H3. The fourth-order valence-electron chi connectivity index (χ4n) is 2.94. The number of para-hydroxylation sites is 1. The van der Waals surface area contributed by atoms with Gasteiger partial charge in [-0.05, 0) is 48.2 Å². The first kappa shape index (κ1) is 15.3. The smallest absolute Gasteiger partial charge is 0.157 e. The van der Waals surface area contributed by atoms with E-state index in [1.807, 2.05) is 54.6 Å². The molecule has 0 atom stereocenters. The molecular formula is C20H22N2O. The van der Waals surface area contributed by atoms with Crippen LogP contribution in [-0.2, 0) is 4.79 Å². The maximum absolute atomic E-state index is 11.8. The largest absolute Gasteiger partial charge is 0.359 e. The summed E-state index contributed by atoms with van der Waals surface area (Å²) in [7, 11) is 0. The molecule has 118 valence electrons. The van der Waals surface area contributed by atoms with Crippen molar-refractivity contribution < 1.29 is 4.79 Å². The monoisotopic (exact) mass is 306 g/mol. The van der Waals surface area contributed by atoms with Gasteiger partial charge in [-0.2, -0.15) is 0 Å². The van der Waals surface area contributed by atoms with Crippen molar-refractivity contribution in [2.45, 2.75) is 26.7 Å². The summed E-state index contributed by atoms with van der Waals surface area (Å²) in [4.78, 5) is 11.8. The Morgan fingerprint density at radius 2 is 1.35 bits per heavy atom. The van der Waals surface area contributed by atoms with Gasteiger partial charge < -0.3 is 10.6 Å². The van der Waals surface area contributed by atoms with Crippen molar-refractivity contribution in [2.75, 3.05) is 10.6 Å². The molecule has 2 N–H and O–H groups in total. The molecule has 0 heterocycles. The van der Waals surface area contributed by atoms with Crippen LogP contribution in [0, 0.1) is 5.41 Å². The summed E-state index contributed by atoms with van der Waals surface area (Å²) in [5.41, 5.74) is 4.13. The van der Waals surface area contributed by atoms with Gasteiger partial charge in [0, 0.05) is 35.3 Å². The summed E-state index contributed by atoms with van der Waals surface area (Å²) in [5.74, 6) is 0.200. The molecule has 2 aromatic carbocycles. The van der Waals surface area contributed by atoms with Gasteiger partial charge in [0.15, 0.2) is 5.78 Å². The second-order valence-corrected chi connectivity index (χ2v) is 6.85.